The van der Waals surface area contributed by atoms with E-state index in [2.05, 4.69) is 10.3 Å². The number of hydrogen-bond acceptors (Lipinski definition) is 6. The van der Waals surface area contributed by atoms with E-state index in [0.29, 0.717) is 32.3 Å². The van der Waals surface area contributed by atoms with Gasteiger partial charge in [0.1, 0.15) is 4.32 Å². The van der Waals surface area contributed by atoms with Crippen LogP contribution >= 0.6 is 46.9 Å². The lowest BCUT2D eigenvalue weighted by molar-refractivity contribution is -0.122. The monoisotopic (exact) mass is 553 g/mol. The van der Waals surface area contributed by atoms with E-state index in [1.54, 1.807) is 11.1 Å². The number of rotatable bonds is 9. The molecule has 0 bridgehead atoms. The lowest BCUT2D eigenvalue weighted by Crippen LogP contribution is -2.29. The van der Waals surface area contributed by atoms with Crippen molar-refractivity contribution in [3.05, 3.63) is 98.4 Å². The molecule has 1 aliphatic heterocycles. The van der Waals surface area contributed by atoms with Crippen LogP contribution in [0.5, 0.6) is 0 Å². The number of amides is 2. The summed E-state index contributed by atoms with van der Waals surface area (Å²) in [4.78, 5) is 32.8. The van der Waals surface area contributed by atoms with E-state index in [4.69, 9.17) is 23.8 Å². The number of nitrogens with zero attached hydrogens (tertiary/aromatic N) is 2. The molecule has 2 heterocycles. The quantitative estimate of drug-likeness (QED) is 0.229. The SMILES string of the molecule is CC(/C=C1\SC(=S)N(CCCC(=O)Nc2ncc(Cc3ccc(Cl)cc3)s2)C1=O)=C\c1ccccc1. The van der Waals surface area contributed by atoms with Crippen molar-refractivity contribution in [3.8, 4) is 0 Å². The minimum atomic E-state index is -0.134. The van der Waals surface area contributed by atoms with Gasteiger partial charge in [0.15, 0.2) is 5.13 Å². The molecule has 1 aromatic heterocycles. The van der Waals surface area contributed by atoms with E-state index < -0.39 is 0 Å². The molecular weight excluding hydrogens is 530 g/mol. The zero-order valence-electron chi connectivity index (χ0n) is 19.6. The van der Waals surface area contributed by atoms with Gasteiger partial charge in [0.05, 0.1) is 4.91 Å². The van der Waals surface area contributed by atoms with Gasteiger partial charge in [-0.25, -0.2) is 4.98 Å². The Bertz CT molecular complexity index is 1320. The molecule has 0 atom stereocenters. The Hall–Kier alpha value is -2.78. The lowest BCUT2D eigenvalue weighted by atomic mass is 10.1. The summed E-state index contributed by atoms with van der Waals surface area (Å²) >= 11 is 14.1. The zero-order valence-corrected chi connectivity index (χ0v) is 22.8. The van der Waals surface area contributed by atoms with Crippen LogP contribution in [0.4, 0.5) is 5.13 Å². The van der Waals surface area contributed by atoms with Crippen molar-refractivity contribution >= 4 is 74.3 Å². The number of allylic oxidation sites excluding steroid dienone is 2. The fraction of sp³-hybridized carbons (Fsp3) is 0.185. The number of nitrogens with one attached hydrogen (secondary N) is 1. The molecule has 0 saturated carbocycles. The van der Waals surface area contributed by atoms with E-state index in [-0.39, 0.29) is 18.2 Å². The Morgan fingerprint density at radius 1 is 1.17 bits per heavy atom. The van der Waals surface area contributed by atoms with Crippen molar-refractivity contribution < 1.29 is 9.59 Å². The van der Waals surface area contributed by atoms with Crippen molar-refractivity contribution in [1.82, 2.24) is 9.88 Å². The molecular formula is C27H24ClN3O2S3. The Labute approximate surface area is 229 Å². The van der Waals surface area contributed by atoms with Crippen LogP contribution in [-0.4, -0.2) is 32.6 Å². The third kappa shape index (κ3) is 7.36. The van der Waals surface area contributed by atoms with Crippen molar-refractivity contribution in [3.63, 3.8) is 0 Å². The van der Waals surface area contributed by atoms with Crippen LogP contribution in [0.2, 0.25) is 5.02 Å². The second-order valence-electron chi connectivity index (χ2n) is 8.22. The van der Waals surface area contributed by atoms with Crippen LogP contribution < -0.4 is 5.32 Å². The molecule has 0 unspecified atom stereocenters. The summed E-state index contributed by atoms with van der Waals surface area (Å²) in [5, 5.41) is 4.12. The van der Waals surface area contributed by atoms with Gasteiger partial charge in [-0.2, -0.15) is 0 Å². The van der Waals surface area contributed by atoms with Crippen LogP contribution in [0, 0.1) is 0 Å². The maximum absolute atomic E-state index is 12.8. The average molecular weight is 554 g/mol. The highest BCUT2D eigenvalue weighted by Gasteiger charge is 2.31. The molecule has 1 aliphatic rings. The summed E-state index contributed by atoms with van der Waals surface area (Å²) in [7, 11) is 0. The Morgan fingerprint density at radius 2 is 1.92 bits per heavy atom. The molecule has 36 heavy (non-hydrogen) atoms. The fourth-order valence-corrected chi connectivity index (χ4v) is 5.93. The van der Waals surface area contributed by atoms with E-state index in [0.717, 1.165) is 28.0 Å². The molecule has 0 aliphatic carbocycles. The average Bonchev–Trinajstić information content (AvgIpc) is 3.39. The molecule has 0 spiro atoms. The number of carbonyl (C=O) groups is 2. The number of carbonyl (C=O) groups excluding carboxylic acids is 2. The number of thioether (sulfide) groups is 1. The summed E-state index contributed by atoms with van der Waals surface area (Å²) in [6, 6.07) is 17.6. The minimum Gasteiger partial charge on any atom is -0.302 e. The second-order valence-corrected chi connectivity index (χ2v) is 11.4. The molecule has 184 valence electrons. The van der Waals surface area contributed by atoms with Gasteiger partial charge in [-0.3, -0.25) is 14.5 Å². The highest BCUT2D eigenvalue weighted by molar-refractivity contribution is 8.26. The summed E-state index contributed by atoms with van der Waals surface area (Å²) in [5.41, 5.74) is 3.18. The first kappa shape index (κ1) is 26.3. The number of benzene rings is 2. The van der Waals surface area contributed by atoms with Gasteiger partial charge in [-0.15, -0.1) is 11.3 Å². The Morgan fingerprint density at radius 3 is 2.67 bits per heavy atom. The first-order valence-electron chi connectivity index (χ1n) is 11.3. The first-order valence-corrected chi connectivity index (χ1v) is 13.8. The van der Waals surface area contributed by atoms with E-state index >= 15 is 0 Å². The van der Waals surface area contributed by atoms with E-state index in [1.807, 2.05) is 73.7 Å². The standard InChI is InChI=1S/C27H24ClN3O2S3/c1-18(14-19-6-3-2-4-7-19)15-23-25(33)31(27(34)36-23)13-5-8-24(32)30-26-29-17-22(35-26)16-20-9-11-21(28)12-10-20/h2-4,6-7,9-12,14-15,17H,5,8,13,16H2,1H3,(H,29,30,32)/b18-14+,23-15-. The van der Waals surface area contributed by atoms with Crippen molar-refractivity contribution in [2.24, 2.45) is 0 Å². The summed E-state index contributed by atoms with van der Waals surface area (Å²) in [6.07, 6.45) is 7.17. The first-order chi connectivity index (χ1) is 17.4. The molecule has 1 saturated heterocycles. The number of halogens is 1. The van der Waals surface area contributed by atoms with Crippen LogP contribution in [0.1, 0.15) is 35.8 Å². The summed E-state index contributed by atoms with van der Waals surface area (Å²) in [5.74, 6) is -0.247. The van der Waals surface area contributed by atoms with Crippen molar-refractivity contribution in [2.75, 3.05) is 11.9 Å². The maximum atomic E-state index is 12.8. The smallest absolute Gasteiger partial charge is 0.266 e. The Balaban J connectivity index is 1.25. The van der Waals surface area contributed by atoms with Crippen LogP contribution in [0.15, 0.2) is 77.3 Å². The summed E-state index contributed by atoms with van der Waals surface area (Å²) < 4.78 is 0.519. The predicted octanol–water partition coefficient (Wildman–Crippen LogP) is 6.95. The van der Waals surface area contributed by atoms with Crippen LogP contribution in [0.3, 0.4) is 0 Å². The molecule has 4 rings (SSSR count). The van der Waals surface area contributed by atoms with Gasteiger partial charge in [-0.1, -0.05) is 84.1 Å². The number of anilines is 1. The second kappa shape index (κ2) is 12.5. The highest BCUT2D eigenvalue weighted by atomic mass is 35.5. The Kier molecular flexibility index (Phi) is 9.09. The topological polar surface area (TPSA) is 62.3 Å². The predicted molar refractivity (Wildman–Crippen MR) is 154 cm³/mol. The third-order valence-electron chi connectivity index (χ3n) is 5.30. The number of aromatic nitrogens is 1. The van der Waals surface area contributed by atoms with Crippen molar-refractivity contribution in [1.29, 1.82) is 0 Å². The molecule has 2 aromatic carbocycles. The van der Waals surface area contributed by atoms with Gasteiger partial charge < -0.3 is 5.32 Å². The van der Waals surface area contributed by atoms with Gasteiger partial charge in [0, 0.05) is 35.5 Å². The highest BCUT2D eigenvalue weighted by Crippen LogP contribution is 2.32. The number of thiazole rings is 1. The molecule has 1 N–H and O–H groups in total. The van der Waals surface area contributed by atoms with Crippen LogP contribution in [0.25, 0.3) is 6.08 Å². The molecule has 9 heteroatoms. The van der Waals surface area contributed by atoms with Crippen LogP contribution in [-0.2, 0) is 16.0 Å². The minimum absolute atomic E-state index is 0.113. The third-order valence-corrected chi connectivity index (χ3v) is 7.85. The molecule has 0 radical (unpaired) electrons. The number of hydrogen-bond donors (Lipinski definition) is 1. The maximum Gasteiger partial charge on any atom is 0.266 e. The van der Waals surface area contributed by atoms with E-state index in [1.165, 1.54) is 23.1 Å². The molecule has 5 nitrogen and oxygen atoms in total. The van der Waals surface area contributed by atoms with E-state index in [9.17, 15) is 9.59 Å². The normalized spacial score (nSPS) is 15.1. The largest absolute Gasteiger partial charge is 0.302 e. The molecule has 3 aromatic rings. The van der Waals surface area contributed by atoms with Crippen molar-refractivity contribution in [2.45, 2.75) is 26.2 Å². The summed E-state index contributed by atoms with van der Waals surface area (Å²) in [6.45, 7) is 2.36. The van der Waals surface area contributed by atoms with Gasteiger partial charge in [0.25, 0.3) is 5.91 Å². The van der Waals surface area contributed by atoms with Gasteiger partial charge >= 0.3 is 0 Å². The fourth-order valence-electron chi connectivity index (χ4n) is 3.58. The number of thiocarbonyl (C=S) groups is 1. The lowest BCUT2D eigenvalue weighted by Gasteiger charge is -2.13. The molecule has 2 amide bonds. The zero-order chi connectivity index (χ0) is 25.5. The van der Waals surface area contributed by atoms with Gasteiger partial charge in [-0.05, 0) is 48.3 Å². The molecule has 1 fully saturated rings. The van der Waals surface area contributed by atoms with Gasteiger partial charge in [0.2, 0.25) is 5.91 Å².